The van der Waals surface area contributed by atoms with Crippen LogP contribution in [0, 0.1) is 0 Å². The summed E-state index contributed by atoms with van der Waals surface area (Å²) < 4.78 is 5.03. The van der Waals surface area contributed by atoms with Crippen LogP contribution in [0.1, 0.15) is 10.4 Å². The van der Waals surface area contributed by atoms with E-state index in [0.29, 0.717) is 11.4 Å². The van der Waals surface area contributed by atoms with Crippen LogP contribution >= 0.6 is 0 Å². The minimum atomic E-state index is -0.516. The third kappa shape index (κ3) is 2.54. The number of benzene rings is 1. The average molecular weight is 245 g/mol. The molecule has 0 atom stereocenters. The average Bonchev–Trinajstić information content (AvgIpc) is 2.39. The summed E-state index contributed by atoms with van der Waals surface area (Å²) in [6.07, 6.45) is 2.44. The number of H-pyrrole nitrogens is 1. The van der Waals surface area contributed by atoms with Crippen molar-refractivity contribution in [3.8, 4) is 5.75 Å². The Labute approximate surface area is 103 Å². The minimum Gasteiger partial charge on any atom is -0.497 e. The van der Waals surface area contributed by atoms with Gasteiger partial charge in [0.25, 0.3) is 11.5 Å². The molecule has 1 heterocycles. The van der Waals surface area contributed by atoms with E-state index in [9.17, 15) is 9.59 Å². The monoisotopic (exact) mass is 245 g/mol. The van der Waals surface area contributed by atoms with Gasteiger partial charge in [-0.1, -0.05) is 6.07 Å². The molecule has 0 aliphatic rings. The number of rotatable bonds is 3. The highest BCUT2D eigenvalue weighted by Gasteiger charge is 2.10. The number of nitrogens with one attached hydrogen (secondary N) is 2. The van der Waals surface area contributed by atoms with Gasteiger partial charge in [-0.05, 0) is 12.1 Å². The van der Waals surface area contributed by atoms with Crippen molar-refractivity contribution in [1.29, 1.82) is 0 Å². The number of carbonyl (C=O) groups excluding carboxylic acids is 1. The van der Waals surface area contributed by atoms with E-state index < -0.39 is 11.5 Å². The molecule has 0 bridgehead atoms. The quantitative estimate of drug-likeness (QED) is 0.845. The Kier molecular flexibility index (Phi) is 3.38. The van der Waals surface area contributed by atoms with Crippen molar-refractivity contribution in [3.05, 3.63) is 52.7 Å². The Morgan fingerprint density at radius 1 is 1.44 bits per heavy atom. The van der Waals surface area contributed by atoms with E-state index in [1.54, 1.807) is 24.3 Å². The summed E-state index contributed by atoms with van der Waals surface area (Å²) >= 11 is 0. The summed E-state index contributed by atoms with van der Waals surface area (Å²) in [7, 11) is 1.53. The third-order valence-corrected chi connectivity index (χ3v) is 2.29. The second-order valence-electron chi connectivity index (χ2n) is 3.48. The first-order valence-corrected chi connectivity index (χ1v) is 5.19. The zero-order valence-corrected chi connectivity index (χ0v) is 9.64. The summed E-state index contributed by atoms with van der Waals surface area (Å²) in [5, 5.41) is 2.59. The van der Waals surface area contributed by atoms with Gasteiger partial charge in [-0.15, -0.1) is 0 Å². The number of carbonyl (C=O) groups is 1. The summed E-state index contributed by atoms with van der Waals surface area (Å²) in [5.74, 6) is 0.102. The Balaban J connectivity index is 2.21. The van der Waals surface area contributed by atoms with E-state index in [0.717, 1.165) is 0 Å². The maximum atomic E-state index is 11.8. The molecule has 2 rings (SSSR count). The van der Waals surface area contributed by atoms with Crippen molar-refractivity contribution >= 4 is 11.6 Å². The first-order valence-electron chi connectivity index (χ1n) is 5.19. The van der Waals surface area contributed by atoms with E-state index in [2.05, 4.69) is 15.3 Å². The number of methoxy groups -OCH3 is 1. The molecule has 1 amide bonds. The fourth-order valence-electron chi connectivity index (χ4n) is 1.41. The molecule has 6 heteroatoms. The van der Waals surface area contributed by atoms with Gasteiger partial charge in [0, 0.05) is 18.0 Å². The van der Waals surface area contributed by atoms with Crippen LogP contribution < -0.4 is 15.6 Å². The zero-order valence-electron chi connectivity index (χ0n) is 9.64. The van der Waals surface area contributed by atoms with Crippen LogP contribution in [-0.2, 0) is 0 Å². The summed E-state index contributed by atoms with van der Waals surface area (Å²) in [4.78, 5) is 29.3. The van der Waals surface area contributed by atoms with E-state index in [-0.39, 0.29) is 5.56 Å². The first-order chi connectivity index (χ1) is 8.70. The molecule has 2 aromatic rings. The van der Waals surface area contributed by atoms with Crippen LogP contribution in [0.25, 0.3) is 0 Å². The molecule has 92 valence electrons. The largest absolute Gasteiger partial charge is 0.497 e. The predicted molar refractivity (Wildman–Crippen MR) is 65.8 cm³/mol. The molecule has 1 aromatic carbocycles. The lowest BCUT2D eigenvalue weighted by Gasteiger charge is -2.06. The van der Waals surface area contributed by atoms with Gasteiger partial charge in [0.1, 0.15) is 11.3 Å². The topological polar surface area (TPSA) is 84.1 Å². The van der Waals surface area contributed by atoms with Gasteiger partial charge in [-0.3, -0.25) is 9.59 Å². The van der Waals surface area contributed by atoms with E-state index >= 15 is 0 Å². The van der Waals surface area contributed by atoms with Gasteiger partial charge in [0.15, 0.2) is 0 Å². The Morgan fingerprint density at radius 3 is 3.00 bits per heavy atom. The fourth-order valence-corrected chi connectivity index (χ4v) is 1.41. The van der Waals surface area contributed by atoms with Crippen molar-refractivity contribution < 1.29 is 9.53 Å². The highest BCUT2D eigenvalue weighted by Crippen LogP contribution is 2.16. The number of ether oxygens (including phenoxy) is 1. The van der Waals surface area contributed by atoms with Crippen molar-refractivity contribution in [2.75, 3.05) is 12.4 Å². The molecular formula is C12H11N3O3. The Bertz CT molecular complexity index is 622. The summed E-state index contributed by atoms with van der Waals surface area (Å²) in [6, 6.07) is 6.85. The molecule has 0 aliphatic heterocycles. The van der Waals surface area contributed by atoms with Crippen LogP contribution in [0.5, 0.6) is 5.75 Å². The van der Waals surface area contributed by atoms with Crippen LogP contribution in [0.3, 0.4) is 0 Å². The maximum absolute atomic E-state index is 11.8. The molecule has 0 spiro atoms. The van der Waals surface area contributed by atoms with Gasteiger partial charge < -0.3 is 15.0 Å². The number of aromatic nitrogens is 2. The standard InChI is InChI=1S/C12H11N3O3/c1-18-9-4-2-3-8(5-9)15-12(17)10-6-13-7-14-11(10)16/h2-7H,1H3,(H,15,17)(H,13,14,16). The normalized spacial score (nSPS) is 9.83. The molecule has 0 radical (unpaired) electrons. The molecule has 2 N–H and O–H groups in total. The van der Waals surface area contributed by atoms with Crippen LogP contribution in [-0.4, -0.2) is 23.0 Å². The summed E-state index contributed by atoms with van der Waals surface area (Å²) in [6.45, 7) is 0. The second-order valence-corrected chi connectivity index (χ2v) is 3.48. The lowest BCUT2D eigenvalue weighted by atomic mass is 10.2. The van der Waals surface area contributed by atoms with Crippen molar-refractivity contribution in [3.63, 3.8) is 0 Å². The lowest BCUT2D eigenvalue weighted by molar-refractivity contribution is 0.102. The van der Waals surface area contributed by atoms with Gasteiger partial charge in [-0.2, -0.15) is 0 Å². The highest BCUT2D eigenvalue weighted by atomic mass is 16.5. The molecule has 6 nitrogen and oxygen atoms in total. The minimum absolute atomic E-state index is 0.0414. The van der Waals surface area contributed by atoms with E-state index in [1.165, 1.54) is 19.6 Å². The number of amides is 1. The maximum Gasteiger partial charge on any atom is 0.263 e. The van der Waals surface area contributed by atoms with Crippen LogP contribution in [0.2, 0.25) is 0 Å². The molecule has 0 aliphatic carbocycles. The van der Waals surface area contributed by atoms with Crippen LogP contribution in [0.15, 0.2) is 41.6 Å². The number of nitrogens with zero attached hydrogens (tertiary/aromatic N) is 1. The fraction of sp³-hybridized carbons (Fsp3) is 0.0833. The molecule has 0 saturated carbocycles. The number of hydrogen-bond acceptors (Lipinski definition) is 4. The zero-order chi connectivity index (χ0) is 13.0. The Hall–Kier alpha value is -2.63. The van der Waals surface area contributed by atoms with Crippen molar-refractivity contribution in [2.45, 2.75) is 0 Å². The summed E-state index contributed by atoms with van der Waals surface area (Å²) in [5.41, 5.74) is 0.0216. The highest BCUT2D eigenvalue weighted by molar-refractivity contribution is 6.03. The first kappa shape index (κ1) is 11.8. The van der Waals surface area contributed by atoms with Crippen molar-refractivity contribution in [2.24, 2.45) is 0 Å². The molecular weight excluding hydrogens is 234 g/mol. The third-order valence-electron chi connectivity index (χ3n) is 2.29. The van der Waals surface area contributed by atoms with E-state index in [1.807, 2.05) is 0 Å². The van der Waals surface area contributed by atoms with Gasteiger partial charge >= 0.3 is 0 Å². The molecule has 18 heavy (non-hydrogen) atoms. The molecule has 0 unspecified atom stereocenters. The van der Waals surface area contributed by atoms with Gasteiger partial charge in [0.2, 0.25) is 0 Å². The number of anilines is 1. The number of aromatic amines is 1. The second kappa shape index (κ2) is 5.13. The van der Waals surface area contributed by atoms with Crippen LogP contribution in [0.4, 0.5) is 5.69 Å². The SMILES string of the molecule is COc1cccc(NC(=O)c2cnc[nH]c2=O)c1. The Morgan fingerprint density at radius 2 is 2.28 bits per heavy atom. The van der Waals surface area contributed by atoms with E-state index in [4.69, 9.17) is 4.74 Å². The lowest BCUT2D eigenvalue weighted by Crippen LogP contribution is -2.23. The number of hydrogen-bond donors (Lipinski definition) is 2. The predicted octanol–water partition coefficient (Wildman–Crippen LogP) is 1.03. The molecule has 1 aromatic heterocycles. The van der Waals surface area contributed by atoms with Gasteiger partial charge in [0.05, 0.1) is 13.4 Å². The van der Waals surface area contributed by atoms with Crippen molar-refractivity contribution in [1.82, 2.24) is 9.97 Å². The molecule has 0 saturated heterocycles. The smallest absolute Gasteiger partial charge is 0.263 e. The molecule has 0 fully saturated rings. The van der Waals surface area contributed by atoms with Gasteiger partial charge in [-0.25, -0.2) is 4.98 Å².